The van der Waals surface area contributed by atoms with Crippen LogP contribution in [0.4, 0.5) is 11.8 Å². The lowest BCUT2D eigenvalue weighted by molar-refractivity contribution is -0.0756. The van der Waals surface area contributed by atoms with Gasteiger partial charge in [0, 0.05) is 36.9 Å². The fourth-order valence-electron chi connectivity index (χ4n) is 4.29. The summed E-state index contributed by atoms with van der Waals surface area (Å²) in [6, 6.07) is 21.6. The number of anilines is 2. The Kier molecular flexibility index (Phi) is 8.90. The maximum atomic E-state index is 13.6. The fourth-order valence-corrected chi connectivity index (χ4v) is 4.29. The number of methoxy groups -OCH3 is 1. The van der Waals surface area contributed by atoms with Crippen molar-refractivity contribution in [3.8, 4) is 22.7 Å². The number of ether oxygens (including phenoxy) is 1. The normalized spacial score (nSPS) is 10.5. The van der Waals surface area contributed by atoms with E-state index in [1.165, 1.54) is 20.4 Å². The molecule has 0 aliphatic heterocycles. The smallest absolute Gasteiger partial charge is 0.282 e. The average Bonchev–Trinajstić information content (AvgIpc) is 3.00. The number of benzene rings is 2. The maximum absolute atomic E-state index is 13.6. The van der Waals surface area contributed by atoms with Gasteiger partial charge in [-0.2, -0.15) is 4.98 Å². The van der Waals surface area contributed by atoms with Crippen molar-refractivity contribution < 1.29 is 14.4 Å². The molecule has 4 N–H and O–H groups in total. The number of aromatic nitrogens is 4. The molecule has 5 aromatic rings. The molecule has 0 saturated carbocycles. The molecule has 0 spiro atoms. The lowest BCUT2D eigenvalue weighted by Crippen LogP contribution is -2.26. The fraction of sp³-hybridized carbons (Fsp3) is 0.167. The van der Waals surface area contributed by atoms with Crippen molar-refractivity contribution >= 4 is 28.4 Å². The SMILES string of the molecule is CCc1cc2cccc(-c3ccnc(OC)c3)c2c(=O)n1-c1ccccc1.CON(C)C(=O)c1cnc(N)nc1N. The number of amides is 1. The third-order valence-electron chi connectivity index (χ3n) is 6.38. The van der Waals surface area contributed by atoms with Crippen molar-refractivity contribution in [2.45, 2.75) is 13.3 Å². The molecule has 3 heterocycles. The van der Waals surface area contributed by atoms with Gasteiger partial charge < -0.3 is 16.2 Å². The molecule has 1 amide bonds. The number of carbonyl (C=O) groups is 1. The van der Waals surface area contributed by atoms with Gasteiger partial charge in [-0.3, -0.25) is 19.0 Å². The van der Waals surface area contributed by atoms with E-state index in [-0.39, 0.29) is 22.9 Å². The molecular weight excluding hydrogens is 522 g/mol. The minimum atomic E-state index is -0.426. The van der Waals surface area contributed by atoms with E-state index in [0.717, 1.165) is 39.4 Å². The van der Waals surface area contributed by atoms with Crippen LogP contribution in [0.5, 0.6) is 5.88 Å². The van der Waals surface area contributed by atoms with Crippen LogP contribution in [-0.2, 0) is 11.3 Å². The van der Waals surface area contributed by atoms with Crippen LogP contribution in [0.15, 0.2) is 83.9 Å². The van der Waals surface area contributed by atoms with E-state index >= 15 is 0 Å². The lowest BCUT2D eigenvalue weighted by atomic mass is 9.99. The molecule has 0 aliphatic carbocycles. The second-order valence-electron chi connectivity index (χ2n) is 8.83. The predicted molar refractivity (Wildman–Crippen MR) is 159 cm³/mol. The standard InChI is InChI=1S/C23H20N2O2.C7H11N5O2/c1-3-18-14-17-8-7-11-20(16-12-13-24-21(15-16)27-2)22(17)23(26)25(18)19-9-5-4-6-10-19;1-12(14-2)6(13)4-3-10-7(9)11-5(4)8/h4-15H,3H2,1-2H3;3H,1-2H3,(H4,8,9,10,11). The van der Waals surface area contributed by atoms with Crippen LogP contribution >= 0.6 is 0 Å². The zero-order valence-corrected chi connectivity index (χ0v) is 23.2. The van der Waals surface area contributed by atoms with E-state index in [2.05, 4.69) is 27.9 Å². The number of hydroxylamine groups is 2. The van der Waals surface area contributed by atoms with E-state index in [9.17, 15) is 9.59 Å². The Bertz CT molecular complexity index is 1740. The van der Waals surface area contributed by atoms with Crippen LogP contribution in [-0.4, -0.2) is 51.8 Å². The Labute approximate surface area is 237 Å². The van der Waals surface area contributed by atoms with Crippen LogP contribution in [0.25, 0.3) is 27.6 Å². The highest BCUT2D eigenvalue weighted by Crippen LogP contribution is 2.29. The highest BCUT2D eigenvalue weighted by atomic mass is 16.7. The number of nitrogen functional groups attached to an aromatic ring is 2. The number of nitrogens with zero attached hydrogens (tertiary/aromatic N) is 5. The first-order valence-corrected chi connectivity index (χ1v) is 12.7. The number of fused-ring (bicyclic) bond motifs is 1. The number of rotatable bonds is 6. The van der Waals surface area contributed by atoms with Gasteiger partial charge >= 0.3 is 0 Å². The number of hydrogen-bond acceptors (Lipinski definition) is 9. The summed E-state index contributed by atoms with van der Waals surface area (Å²) >= 11 is 0. The van der Waals surface area contributed by atoms with E-state index < -0.39 is 5.91 Å². The molecule has 0 saturated heterocycles. The summed E-state index contributed by atoms with van der Waals surface area (Å²) in [5, 5.41) is 2.66. The van der Waals surface area contributed by atoms with E-state index in [1.54, 1.807) is 13.3 Å². The first kappa shape index (κ1) is 28.7. The summed E-state index contributed by atoms with van der Waals surface area (Å²) in [4.78, 5) is 41.3. The Morgan fingerprint density at radius 1 is 1.00 bits per heavy atom. The van der Waals surface area contributed by atoms with Crippen molar-refractivity contribution in [3.05, 3.63) is 101 Å². The van der Waals surface area contributed by atoms with Gasteiger partial charge in [0.1, 0.15) is 11.4 Å². The van der Waals surface area contributed by atoms with Crippen molar-refractivity contribution in [2.24, 2.45) is 0 Å². The van der Waals surface area contributed by atoms with Crippen molar-refractivity contribution in [2.75, 3.05) is 32.7 Å². The molecule has 0 aliphatic rings. The molecule has 2 aromatic carbocycles. The Morgan fingerprint density at radius 3 is 2.41 bits per heavy atom. The zero-order valence-electron chi connectivity index (χ0n) is 23.2. The first-order chi connectivity index (χ1) is 19.8. The van der Waals surface area contributed by atoms with Crippen LogP contribution < -0.4 is 21.8 Å². The van der Waals surface area contributed by atoms with Crippen LogP contribution in [0.2, 0.25) is 0 Å². The Balaban J connectivity index is 0.000000234. The van der Waals surface area contributed by atoms with E-state index in [0.29, 0.717) is 11.3 Å². The molecule has 0 atom stereocenters. The number of pyridine rings is 2. The monoisotopic (exact) mass is 553 g/mol. The Morgan fingerprint density at radius 2 is 1.76 bits per heavy atom. The molecule has 11 heteroatoms. The van der Waals surface area contributed by atoms with Crippen molar-refractivity contribution in [1.82, 2.24) is 24.6 Å². The molecule has 0 bridgehead atoms. The topological polar surface area (TPSA) is 151 Å². The van der Waals surface area contributed by atoms with Gasteiger partial charge in [0.25, 0.3) is 11.5 Å². The van der Waals surface area contributed by atoms with Crippen molar-refractivity contribution in [1.29, 1.82) is 0 Å². The summed E-state index contributed by atoms with van der Waals surface area (Å²) in [6.45, 7) is 2.07. The summed E-state index contributed by atoms with van der Waals surface area (Å²) in [5.74, 6) is 0.161. The summed E-state index contributed by atoms with van der Waals surface area (Å²) in [5.41, 5.74) is 14.6. The second kappa shape index (κ2) is 12.7. The van der Waals surface area contributed by atoms with Gasteiger partial charge in [-0.25, -0.2) is 15.0 Å². The third-order valence-corrected chi connectivity index (χ3v) is 6.38. The summed E-state index contributed by atoms with van der Waals surface area (Å²) < 4.78 is 7.06. The molecular formula is C30H31N7O4. The lowest BCUT2D eigenvalue weighted by Gasteiger charge is -2.15. The molecule has 0 unspecified atom stereocenters. The number of nitrogens with two attached hydrogens (primary N) is 2. The minimum absolute atomic E-state index is 0.0121. The van der Waals surface area contributed by atoms with Gasteiger partial charge in [-0.1, -0.05) is 43.3 Å². The summed E-state index contributed by atoms with van der Waals surface area (Å²) in [7, 11) is 4.41. The molecule has 11 nitrogen and oxygen atoms in total. The van der Waals surface area contributed by atoms with Gasteiger partial charge in [0.05, 0.1) is 19.6 Å². The molecule has 210 valence electrons. The summed E-state index contributed by atoms with van der Waals surface area (Å²) in [6.07, 6.45) is 3.73. The second-order valence-corrected chi connectivity index (χ2v) is 8.83. The largest absolute Gasteiger partial charge is 0.481 e. The van der Waals surface area contributed by atoms with E-state index in [1.807, 2.05) is 65.2 Å². The predicted octanol–water partition coefficient (Wildman–Crippen LogP) is 3.90. The van der Waals surface area contributed by atoms with Crippen molar-refractivity contribution in [3.63, 3.8) is 0 Å². The van der Waals surface area contributed by atoms with Gasteiger partial charge in [-0.15, -0.1) is 0 Å². The first-order valence-electron chi connectivity index (χ1n) is 12.7. The number of para-hydroxylation sites is 1. The highest BCUT2D eigenvalue weighted by molar-refractivity contribution is 5.97. The van der Waals surface area contributed by atoms with Gasteiger partial charge in [0.2, 0.25) is 11.8 Å². The zero-order chi connectivity index (χ0) is 29.5. The van der Waals surface area contributed by atoms with Crippen LogP contribution in [0, 0.1) is 0 Å². The van der Waals surface area contributed by atoms with Gasteiger partial charge in [-0.05, 0) is 47.2 Å². The highest BCUT2D eigenvalue weighted by Gasteiger charge is 2.16. The van der Waals surface area contributed by atoms with Crippen LogP contribution in [0.3, 0.4) is 0 Å². The average molecular weight is 554 g/mol. The number of hydrogen-bond donors (Lipinski definition) is 2. The number of carbonyl (C=O) groups excluding carboxylic acids is 1. The number of aryl methyl sites for hydroxylation is 1. The third kappa shape index (κ3) is 6.15. The van der Waals surface area contributed by atoms with Crippen LogP contribution in [0.1, 0.15) is 23.0 Å². The van der Waals surface area contributed by atoms with Gasteiger partial charge in [0.15, 0.2) is 0 Å². The maximum Gasteiger partial charge on any atom is 0.282 e. The molecule has 0 radical (unpaired) electrons. The molecule has 41 heavy (non-hydrogen) atoms. The Hall–Kier alpha value is -5.29. The molecule has 5 rings (SSSR count). The van der Waals surface area contributed by atoms with E-state index in [4.69, 9.17) is 21.0 Å². The minimum Gasteiger partial charge on any atom is -0.481 e. The molecule has 0 fully saturated rings. The molecule has 3 aromatic heterocycles. The quantitative estimate of drug-likeness (QED) is 0.298.